The van der Waals surface area contributed by atoms with Gasteiger partial charge in [-0.3, -0.25) is 9.78 Å². The summed E-state index contributed by atoms with van der Waals surface area (Å²) in [6, 6.07) is 11.4. The lowest BCUT2D eigenvalue weighted by Crippen LogP contribution is -2.24. The van der Waals surface area contributed by atoms with Crippen LogP contribution in [0.25, 0.3) is 10.9 Å². The minimum absolute atomic E-state index is 0.146. The third-order valence-corrected chi connectivity index (χ3v) is 6.29. The van der Waals surface area contributed by atoms with Gasteiger partial charge in [-0.05, 0) is 42.2 Å². The van der Waals surface area contributed by atoms with Gasteiger partial charge >= 0.3 is 0 Å². The molecule has 4 aromatic rings. The van der Waals surface area contributed by atoms with Crippen LogP contribution in [0.15, 0.2) is 58.1 Å². The predicted octanol–water partition coefficient (Wildman–Crippen LogP) is 2.73. The van der Waals surface area contributed by atoms with Gasteiger partial charge in [-0.15, -0.1) is 0 Å². The number of hydrogen-bond donors (Lipinski definition) is 0. The lowest BCUT2D eigenvalue weighted by Gasteiger charge is -2.21. The van der Waals surface area contributed by atoms with Crippen molar-refractivity contribution in [2.75, 3.05) is 18.0 Å². The standard InChI is InChI=1S/C21H17ClN6O2/c22-12-3-1-4-13(7-12)27-9-15-16(10-27)19(15)20-25-18(30-26-20)11-28-21(29)14-5-2-6-23-17(14)8-24-28/h1-8,15-16,19H,9-11H2. The summed E-state index contributed by atoms with van der Waals surface area (Å²) < 4.78 is 6.75. The molecule has 2 fully saturated rings. The van der Waals surface area contributed by atoms with Crippen molar-refractivity contribution in [1.82, 2.24) is 24.9 Å². The van der Waals surface area contributed by atoms with E-state index in [1.807, 2.05) is 18.2 Å². The van der Waals surface area contributed by atoms with E-state index in [0.717, 1.165) is 29.6 Å². The van der Waals surface area contributed by atoms with Gasteiger partial charge in [-0.1, -0.05) is 22.8 Å². The Kier molecular flexibility index (Phi) is 3.89. The summed E-state index contributed by atoms with van der Waals surface area (Å²) in [4.78, 5) is 23.7. The zero-order valence-electron chi connectivity index (χ0n) is 15.8. The van der Waals surface area contributed by atoms with Crippen LogP contribution in [0, 0.1) is 11.8 Å². The molecule has 4 heterocycles. The molecule has 0 amide bonds. The summed E-state index contributed by atoms with van der Waals surface area (Å²) in [6.45, 7) is 2.06. The van der Waals surface area contributed by atoms with Crippen LogP contribution in [-0.4, -0.2) is 38.0 Å². The van der Waals surface area contributed by atoms with Crippen molar-refractivity contribution < 1.29 is 4.52 Å². The minimum atomic E-state index is -0.221. The van der Waals surface area contributed by atoms with Crippen LogP contribution in [0.4, 0.5) is 5.69 Å². The summed E-state index contributed by atoms with van der Waals surface area (Å²) in [6.07, 6.45) is 3.21. The van der Waals surface area contributed by atoms with Gasteiger partial charge in [0.2, 0.25) is 5.89 Å². The molecule has 2 aliphatic rings. The van der Waals surface area contributed by atoms with Crippen LogP contribution in [0.2, 0.25) is 5.02 Å². The first-order chi connectivity index (χ1) is 14.7. The fraction of sp³-hybridized carbons (Fsp3) is 0.286. The van der Waals surface area contributed by atoms with Crippen molar-refractivity contribution in [3.63, 3.8) is 0 Å². The molecule has 0 radical (unpaired) electrons. The Morgan fingerprint density at radius 2 is 2.03 bits per heavy atom. The van der Waals surface area contributed by atoms with Crippen molar-refractivity contribution in [2.45, 2.75) is 12.5 Å². The van der Waals surface area contributed by atoms with E-state index < -0.39 is 0 Å². The molecule has 8 nitrogen and oxygen atoms in total. The summed E-state index contributed by atoms with van der Waals surface area (Å²) in [5, 5.41) is 9.62. The summed E-state index contributed by atoms with van der Waals surface area (Å²) >= 11 is 6.12. The molecule has 1 aromatic carbocycles. The Morgan fingerprint density at radius 1 is 1.17 bits per heavy atom. The first-order valence-corrected chi connectivity index (χ1v) is 10.2. The summed E-state index contributed by atoms with van der Waals surface area (Å²) in [7, 11) is 0. The second-order valence-corrected chi connectivity index (χ2v) is 8.26. The van der Waals surface area contributed by atoms with Crippen molar-refractivity contribution in [3.05, 3.63) is 75.9 Å². The number of nitrogens with zero attached hydrogens (tertiary/aromatic N) is 6. The fourth-order valence-electron chi connectivity index (χ4n) is 4.52. The van der Waals surface area contributed by atoms with Gasteiger partial charge in [-0.25, -0.2) is 4.68 Å². The highest BCUT2D eigenvalue weighted by molar-refractivity contribution is 6.30. The number of piperidine rings is 1. The Morgan fingerprint density at radius 3 is 2.87 bits per heavy atom. The maximum atomic E-state index is 12.6. The van der Waals surface area contributed by atoms with E-state index >= 15 is 0 Å². The Bertz CT molecular complexity index is 1310. The van der Waals surface area contributed by atoms with E-state index in [0.29, 0.717) is 34.5 Å². The lowest BCUT2D eigenvalue weighted by molar-refractivity contribution is 0.358. The first-order valence-electron chi connectivity index (χ1n) is 9.81. The third kappa shape index (κ3) is 2.87. The van der Waals surface area contributed by atoms with E-state index in [2.05, 4.69) is 31.2 Å². The summed E-state index contributed by atoms with van der Waals surface area (Å²) in [5.74, 6) is 2.45. The molecular weight excluding hydrogens is 404 g/mol. The van der Waals surface area contributed by atoms with Gasteiger partial charge in [0.1, 0.15) is 6.54 Å². The van der Waals surface area contributed by atoms with Crippen molar-refractivity contribution in [2.24, 2.45) is 11.8 Å². The van der Waals surface area contributed by atoms with Crippen LogP contribution in [-0.2, 0) is 6.54 Å². The van der Waals surface area contributed by atoms with E-state index in [1.165, 1.54) is 4.68 Å². The molecule has 2 atom stereocenters. The average molecular weight is 421 g/mol. The number of fused-ring (bicyclic) bond motifs is 2. The van der Waals surface area contributed by atoms with E-state index in [9.17, 15) is 4.79 Å². The lowest BCUT2D eigenvalue weighted by atomic mass is 10.2. The van der Waals surface area contributed by atoms with Crippen LogP contribution >= 0.6 is 11.6 Å². The molecule has 0 bridgehead atoms. The van der Waals surface area contributed by atoms with Gasteiger partial charge in [0.25, 0.3) is 5.56 Å². The molecule has 1 aliphatic carbocycles. The quantitative estimate of drug-likeness (QED) is 0.501. The molecule has 9 heteroatoms. The highest BCUT2D eigenvalue weighted by Gasteiger charge is 2.58. The number of aromatic nitrogens is 5. The summed E-state index contributed by atoms with van der Waals surface area (Å²) in [5.41, 5.74) is 1.50. The molecule has 0 spiro atoms. The number of halogens is 1. The van der Waals surface area contributed by atoms with Crippen molar-refractivity contribution >= 4 is 28.2 Å². The van der Waals surface area contributed by atoms with Crippen molar-refractivity contribution in [3.8, 4) is 0 Å². The number of hydrogen-bond acceptors (Lipinski definition) is 7. The molecule has 1 saturated carbocycles. The highest BCUT2D eigenvalue weighted by Crippen LogP contribution is 2.57. The fourth-order valence-corrected chi connectivity index (χ4v) is 4.70. The molecule has 0 N–H and O–H groups in total. The van der Waals surface area contributed by atoms with Gasteiger partial charge in [0, 0.05) is 35.9 Å². The monoisotopic (exact) mass is 420 g/mol. The predicted molar refractivity (Wildman–Crippen MR) is 111 cm³/mol. The second-order valence-electron chi connectivity index (χ2n) is 7.83. The molecule has 6 rings (SSSR count). The Hall–Kier alpha value is -3.26. The van der Waals surface area contributed by atoms with E-state index in [-0.39, 0.29) is 12.1 Å². The maximum absolute atomic E-state index is 12.6. The Labute approximate surface area is 176 Å². The number of pyridine rings is 1. The molecular formula is C21H17ClN6O2. The molecule has 3 aromatic heterocycles. The SMILES string of the molecule is O=c1c2cccnc2cnn1Cc1nc(C2C3CN(c4cccc(Cl)c4)CC32)no1. The second kappa shape index (κ2) is 6.63. The highest BCUT2D eigenvalue weighted by atomic mass is 35.5. The third-order valence-electron chi connectivity index (χ3n) is 6.06. The van der Waals surface area contributed by atoms with E-state index in [1.54, 1.807) is 24.5 Å². The van der Waals surface area contributed by atoms with Crippen LogP contribution < -0.4 is 10.5 Å². The normalized spacial score (nSPS) is 22.4. The molecule has 1 saturated heterocycles. The van der Waals surface area contributed by atoms with Crippen molar-refractivity contribution in [1.29, 1.82) is 0 Å². The molecule has 30 heavy (non-hydrogen) atoms. The minimum Gasteiger partial charge on any atom is -0.371 e. The molecule has 1 aliphatic heterocycles. The average Bonchev–Trinajstić information content (AvgIpc) is 3.10. The van der Waals surface area contributed by atoms with Crippen LogP contribution in [0.5, 0.6) is 0 Å². The number of rotatable bonds is 4. The zero-order chi connectivity index (χ0) is 20.2. The van der Waals surface area contributed by atoms with Crippen LogP contribution in [0.3, 0.4) is 0 Å². The number of anilines is 1. The zero-order valence-corrected chi connectivity index (χ0v) is 16.6. The largest absolute Gasteiger partial charge is 0.371 e. The Balaban J connectivity index is 1.16. The molecule has 150 valence electrons. The van der Waals surface area contributed by atoms with Gasteiger partial charge in [0.05, 0.1) is 17.1 Å². The van der Waals surface area contributed by atoms with Crippen LogP contribution in [0.1, 0.15) is 17.6 Å². The maximum Gasteiger partial charge on any atom is 0.276 e. The first kappa shape index (κ1) is 17.6. The molecule has 2 unspecified atom stereocenters. The smallest absolute Gasteiger partial charge is 0.276 e. The topological polar surface area (TPSA) is 89.9 Å². The van der Waals surface area contributed by atoms with Gasteiger partial charge in [-0.2, -0.15) is 10.1 Å². The van der Waals surface area contributed by atoms with Gasteiger partial charge in [0.15, 0.2) is 5.82 Å². The number of benzene rings is 1. The van der Waals surface area contributed by atoms with Gasteiger partial charge < -0.3 is 9.42 Å². The van der Waals surface area contributed by atoms with E-state index in [4.69, 9.17) is 16.1 Å².